The Kier molecular flexibility index (Phi) is 6.10. The van der Waals surface area contributed by atoms with E-state index in [9.17, 15) is 9.90 Å². The van der Waals surface area contributed by atoms with E-state index in [-0.39, 0.29) is 12.1 Å². The molecule has 0 aromatic heterocycles. The van der Waals surface area contributed by atoms with Crippen LogP contribution in [0.4, 0.5) is 0 Å². The highest BCUT2D eigenvalue weighted by molar-refractivity contribution is 5.69. The normalized spacial score (nSPS) is 51.4. The Bertz CT molecular complexity index is 646. The molecule has 4 fully saturated rings. The lowest BCUT2D eigenvalue weighted by atomic mass is 9.40. The number of fused-ring (bicyclic) bond motifs is 5. The Morgan fingerprint density at radius 2 is 1.83 bits per heavy atom. The summed E-state index contributed by atoms with van der Waals surface area (Å²) in [6.07, 6.45) is 10.1. The van der Waals surface area contributed by atoms with Gasteiger partial charge in [-0.25, -0.2) is 0 Å². The maximum atomic E-state index is 11.7. The second kappa shape index (κ2) is 8.09. The molecule has 172 valence electrons. The van der Waals surface area contributed by atoms with Crippen LogP contribution in [0.1, 0.15) is 92.4 Å². The van der Waals surface area contributed by atoms with Crippen molar-refractivity contribution < 1.29 is 14.6 Å². The molecule has 0 heterocycles. The molecule has 0 amide bonds. The summed E-state index contributed by atoms with van der Waals surface area (Å²) < 4.78 is 4.91. The van der Waals surface area contributed by atoms with Gasteiger partial charge in [-0.05, 0) is 110 Å². The van der Waals surface area contributed by atoms with Crippen molar-refractivity contribution in [3.8, 4) is 0 Å². The number of esters is 1. The first-order chi connectivity index (χ1) is 14.1. The first-order valence-electron chi connectivity index (χ1n) is 12.9. The zero-order valence-electron chi connectivity index (χ0n) is 20.3. The van der Waals surface area contributed by atoms with E-state index in [0.29, 0.717) is 29.1 Å². The first-order valence-corrected chi connectivity index (χ1v) is 12.9. The monoisotopic (exact) mass is 418 g/mol. The minimum atomic E-state index is -0.0652. The van der Waals surface area contributed by atoms with Crippen LogP contribution < -0.4 is 0 Å². The number of ether oxygens (including phenoxy) is 1. The highest BCUT2D eigenvalue weighted by Crippen LogP contribution is 2.70. The van der Waals surface area contributed by atoms with Crippen molar-refractivity contribution in [3.63, 3.8) is 0 Å². The van der Waals surface area contributed by atoms with Gasteiger partial charge in [0.25, 0.3) is 0 Å². The van der Waals surface area contributed by atoms with Crippen molar-refractivity contribution in [1.29, 1.82) is 0 Å². The minimum Gasteiger partial charge on any atom is -0.469 e. The fraction of sp³-hybridized carbons (Fsp3) is 0.963. The summed E-state index contributed by atoms with van der Waals surface area (Å²) in [6.45, 7) is 12.7. The Hall–Kier alpha value is -0.570. The molecule has 0 spiro atoms. The van der Waals surface area contributed by atoms with Crippen molar-refractivity contribution >= 4 is 5.97 Å². The van der Waals surface area contributed by atoms with E-state index in [1.165, 1.54) is 39.2 Å². The fourth-order valence-corrected chi connectivity index (χ4v) is 9.57. The maximum Gasteiger partial charge on any atom is 0.305 e. The Morgan fingerprint density at radius 1 is 1.10 bits per heavy atom. The molecule has 0 aromatic rings. The van der Waals surface area contributed by atoms with E-state index in [1.807, 2.05) is 0 Å². The molecule has 6 unspecified atom stereocenters. The van der Waals surface area contributed by atoms with Gasteiger partial charge in [-0.15, -0.1) is 0 Å². The second-order valence-corrected chi connectivity index (χ2v) is 12.4. The molecular weight excluding hydrogens is 372 g/mol. The average Bonchev–Trinajstić information content (AvgIpc) is 3.06. The summed E-state index contributed by atoms with van der Waals surface area (Å²) in [5.41, 5.74) is 0.836. The van der Waals surface area contributed by atoms with Crippen LogP contribution >= 0.6 is 0 Å². The molecule has 0 aliphatic heterocycles. The van der Waals surface area contributed by atoms with Crippen LogP contribution in [0.3, 0.4) is 0 Å². The topological polar surface area (TPSA) is 46.5 Å². The van der Waals surface area contributed by atoms with Crippen LogP contribution in [0.25, 0.3) is 0 Å². The van der Waals surface area contributed by atoms with Gasteiger partial charge in [-0.3, -0.25) is 4.79 Å². The fourth-order valence-electron chi connectivity index (χ4n) is 9.57. The third kappa shape index (κ3) is 3.37. The van der Waals surface area contributed by atoms with Gasteiger partial charge in [-0.1, -0.05) is 34.6 Å². The van der Waals surface area contributed by atoms with Gasteiger partial charge in [0.15, 0.2) is 0 Å². The minimum absolute atomic E-state index is 0.0577. The number of aliphatic hydroxyl groups is 1. The molecule has 0 aromatic carbocycles. The third-order valence-corrected chi connectivity index (χ3v) is 11.4. The lowest BCUT2D eigenvalue weighted by Gasteiger charge is -2.64. The zero-order chi connectivity index (χ0) is 21.8. The van der Waals surface area contributed by atoms with Crippen LogP contribution in [-0.4, -0.2) is 24.3 Å². The van der Waals surface area contributed by atoms with E-state index < -0.39 is 0 Å². The molecule has 30 heavy (non-hydrogen) atoms. The second-order valence-electron chi connectivity index (χ2n) is 12.4. The van der Waals surface area contributed by atoms with E-state index in [0.717, 1.165) is 54.8 Å². The molecule has 4 aliphatic rings. The van der Waals surface area contributed by atoms with Gasteiger partial charge in [0.1, 0.15) is 0 Å². The van der Waals surface area contributed by atoms with Gasteiger partial charge in [0.05, 0.1) is 13.2 Å². The number of aliphatic hydroxyl groups excluding tert-OH is 1. The van der Waals surface area contributed by atoms with Gasteiger partial charge in [0.2, 0.25) is 0 Å². The van der Waals surface area contributed by atoms with Crippen LogP contribution in [-0.2, 0) is 9.53 Å². The Labute approximate surface area is 184 Å². The molecule has 0 radical (unpaired) electrons. The van der Waals surface area contributed by atoms with E-state index in [4.69, 9.17) is 4.74 Å². The predicted molar refractivity (Wildman–Crippen MR) is 121 cm³/mol. The average molecular weight is 419 g/mol. The molecule has 0 bridgehead atoms. The number of rotatable bonds is 4. The van der Waals surface area contributed by atoms with Crippen molar-refractivity contribution in [3.05, 3.63) is 0 Å². The predicted octanol–water partition coefficient (Wildman–Crippen LogP) is 6.09. The van der Waals surface area contributed by atoms with Gasteiger partial charge in [0, 0.05) is 6.42 Å². The SMILES string of the molecule is COC(=O)CCC(C)C1CCC2C3C(C[C@H](C)[C@]12C)[C@@]1(C)CC[C@@H](O)CC1C[C@H]3C. The summed E-state index contributed by atoms with van der Waals surface area (Å²) in [5.74, 6) is 6.00. The molecule has 4 rings (SSSR count). The lowest BCUT2D eigenvalue weighted by molar-refractivity contribution is -0.168. The van der Waals surface area contributed by atoms with E-state index in [1.54, 1.807) is 0 Å². The van der Waals surface area contributed by atoms with Crippen LogP contribution in [0, 0.1) is 58.2 Å². The standard InChI is InChI=1S/C27H46O3/c1-16(7-10-24(29)30-6)21-8-9-22-25-17(2)13-19-15-20(28)11-12-26(19,4)23(25)14-18(3)27(21,22)5/h16-23,25,28H,7-15H2,1-6H3/t16?,17-,18+,19?,20-,21?,22?,23?,25?,26+,27-/m1/s1. The van der Waals surface area contributed by atoms with Crippen molar-refractivity contribution in [1.82, 2.24) is 0 Å². The van der Waals surface area contributed by atoms with Gasteiger partial charge < -0.3 is 9.84 Å². The summed E-state index contributed by atoms with van der Waals surface area (Å²) >= 11 is 0. The first kappa shape index (κ1) is 22.6. The molecular formula is C27H46O3. The molecule has 3 nitrogen and oxygen atoms in total. The van der Waals surface area contributed by atoms with Gasteiger partial charge >= 0.3 is 5.97 Å². The van der Waals surface area contributed by atoms with Crippen molar-refractivity contribution in [2.75, 3.05) is 7.11 Å². The zero-order valence-corrected chi connectivity index (χ0v) is 20.3. The number of hydrogen-bond donors (Lipinski definition) is 1. The smallest absolute Gasteiger partial charge is 0.305 e. The number of methoxy groups -OCH3 is 1. The molecule has 3 heteroatoms. The molecule has 11 atom stereocenters. The quantitative estimate of drug-likeness (QED) is 0.562. The molecule has 1 N–H and O–H groups in total. The van der Waals surface area contributed by atoms with Crippen LogP contribution in [0.2, 0.25) is 0 Å². The highest BCUT2D eigenvalue weighted by atomic mass is 16.5. The maximum absolute atomic E-state index is 11.7. The molecule has 0 saturated heterocycles. The van der Waals surface area contributed by atoms with Gasteiger partial charge in [-0.2, -0.15) is 0 Å². The molecule has 4 aliphatic carbocycles. The van der Waals surface area contributed by atoms with E-state index in [2.05, 4.69) is 34.6 Å². The number of carbonyl (C=O) groups is 1. The lowest BCUT2D eigenvalue weighted by Crippen LogP contribution is -2.58. The van der Waals surface area contributed by atoms with Crippen molar-refractivity contribution in [2.45, 2.75) is 98.5 Å². The van der Waals surface area contributed by atoms with E-state index >= 15 is 0 Å². The van der Waals surface area contributed by atoms with Crippen LogP contribution in [0.5, 0.6) is 0 Å². The number of hydrogen-bond acceptors (Lipinski definition) is 3. The highest BCUT2D eigenvalue weighted by Gasteiger charge is 2.64. The largest absolute Gasteiger partial charge is 0.469 e. The summed E-state index contributed by atoms with van der Waals surface area (Å²) in [4.78, 5) is 11.7. The molecule has 4 saturated carbocycles. The Balaban J connectivity index is 1.58. The summed E-state index contributed by atoms with van der Waals surface area (Å²) in [5, 5.41) is 10.4. The summed E-state index contributed by atoms with van der Waals surface area (Å²) in [7, 11) is 1.51. The third-order valence-electron chi connectivity index (χ3n) is 11.4. The van der Waals surface area contributed by atoms with Crippen molar-refractivity contribution in [2.24, 2.45) is 58.2 Å². The summed E-state index contributed by atoms with van der Waals surface area (Å²) in [6, 6.07) is 0. The van der Waals surface area contributed by atoms with Crippen LogP contribution in [0.15, 0.2) is 0 Å². The Morgan fingerprint density at radius 3 is 2.53 bits per heavy atom. The number of carbonyl (C=O) groups excluding carboxylic acids is 1.